The summed E-state index contributed by atoms with van der Waals surface area (Å²) in [5, 5.41) is 0. The van der Waals surface area contributed by atoms with Crippen molar-refractivity contribution in [1.82, 2.24) is 0 Å². The Balaban J connectivity index is 2.26. The maximum atomic E-state index is 5.73. The van der Waals surface area contributed by atoms with Crippen LogP contribution >= 0.6 is 0 Å². The predicted molar refractivity (Wildman–Crippen MR) is 59.0 cm³/mol. The highest BCUT2D eigenvalue weighted by Crippen LogP contribution is 2.06. The highest BCUT2D eigenvalue weighted by atomic mass is 14.9. The summed E-state index contributed by atoms with van der Waals surface area (Å²) in [6.07, 6.45) is 0.671. The van der Waals surface area contributed by atoms with E-state index >= 15 is 0 Å². The Morgan fingerprint density at radius 2 is 1.71 bits per heavy atom. The summed E-state index contributed by atoms with van der Waals surface area (Å²) in [6.45, 7) is 1.45. The van der Waals surface area contributed by atoms with Gasteiger partial charge >= 0.3 is 0 Å². The van der Waals surface area contributed by atoms with Crippen LogP contribution in [0.3, 0.4) is 0 Å². The van der Waals surface area contributed by atoms with Crippen LogP contribution in [0.15, 0.2) is 40.3 Å². The van der Waals surface area contributed by atoms with E-state index in [-0.39, 0.29) is 0 Å². The van der Waals surface area contributed by atoms with Crippen molar-refractivity contribution >= 4 is 11.5 Å². The number of hydrogen-bond acceptors (Lipinski definition) is 3. The second-order valence-corrected chi connectivity index (χ2v) is 3.24. The molecule has 0 aromatic heterocycles. The summed E-state index contributed by atoms with van der Waals surface area (Å²) in [7, 11) is 0. The molecule has 2 rings (SSSR count). The number of hydrogen-bond donors (Lipinski definition) is 1. The minimum absolute atomic E-state index is 0.671. The maximum absolute atomic E-state index is 5.73. The topological polar surface area (TPSA) is 50.7 Å². The summed E-state index contributed by atoms with van der Waals surface area (Å²) in [5.74, 6) is 0.685. The van der Waals surface area contributed by atoms with Crippen LogP contribution in [0, 0.1) is 0 Å². The van der Waals surface area contributed by atoms with E-state index in [1.165, 1.54) is 0 Å². The van der Waals surface area contributed by atoms with E-state index in [4.69, 9.17) is 5.73 Å². The van der Waals surface area contributed by atoms with Crippen molar-refractivity contribution in [3.05, 3.63) is 35.9 Å². The Labute approximate surface area is 83.4 Å². The fourth-order valence-electron chi connectivity index (χ4n) is 1.49. The minimum Gasteiger partial charge on any atom is -0.387 e. The fraction of sp³-hybridized carbons (Fsp3) is 0.273. The van der Waals surface area contributed by atoms with E-state index in [2.05, 4.69) is 22.1 Å². The van der Waals surface area contributed by atoms with Gasteiger partial charge in [0.25, 0.3) is 0 Å². The minimum atomic E-state index is 0.671. The zero-order valence-electron chi connectivity index (χ0n) is 7.98. The second kappa shape index (κ2) is 4.05. The lowest BCUT2D eigenvalue weighted by Gasteiger charge is -2.03. The molecule has 1 aliphatic heterocycles. The van der Waals surface area contributed by atoms with Crippen LogP contribution in [-0.2, 0) is 0 Å². The van der Waals surface area contributed by atoms with Crippen LogP contribution in [-0.4, -0.2) is 24.6 Å². The summed E-state index contributed by atoms with van der Waals surface area (Å²) in [4.78, 5) is 8.65. The van der Waals surface area contributed by atoms with E-state index in [0.717, 1.165) is 17.8 Å². The van der Waals surface area contributed by atoms with E-state index in [9.17, 15) is 0 Å². The van der Waals surface area contributed by atoms with E-state index in [1.54, 1.807) is 0 Å². The van der Waals surface area contributed by atoms with Gasteiger partial charge in [-0.3, -0.25) is 9.98 Å². The van der Waals surface area contributed by atoms with Gasteiger partial charge in [0, 0.05) is 12.1 Å². The Morgan fingerprint density at radius 3 is 2.50 bits per heavy atom. The largest absolute Gasteiger partial charge is 0.387 e. The molecule has 0 bridgehead atoms. The van der Waals surface area contributed by atoms with Crippen molar-refractivity contribution in [2.45, 2.75) is 6.42 Å². The molecule has 3 nitrogen and oxygen atoms in total. The lowest BCUT2D eigenvalue weighted by Crippen LogP contribution is -2.16. The fourth-order valence-corrected chi connectivity index (χ4v) is 1.49. The van der Waals surface area contributed by atoms with Gasteiger partial charge in [-0.25, -0.2) is 0 Å². The molecule has 72 valence electrons. The van der Waals surface area contributed by atoms with Gasteiger partial charge in [0.1, 0.15) is 0 Å². The average molecular weight is 187 g/mol. The molecule has 0 saturated carbocycles. The first-order valence-electron chi connectivity index (χ1n) is 4.74. The zero-order valence-corrected chi connectivity index (χ0v) is 7.98. The standard InChI is InChI=1S/C11H13N3/c12-11-8-10(13-6-7-14-11)9-4-2-1-3-5-9/h1-5H,6-8H2,(H2,12,14). The van der Waals surface area contributed by atoms with Crippen LogP contribution in [0.4, 0.5) is 0 Å². The molecule has 0 atom stereocenters. The van der Waals surface area contributed by atoms with Crippen LogP contribution in [0.2, 0.25) is 0 Å². The molecule has 0 aliphatic carbocycles. The summed E-state index contributed by atoms with van der Waals surface area (Å²) >= 11 is 0. The van der Waals surface area contributed by atoms with Crippen molar-refractivity contribution in [3.8, 4) is 0 Å². The van der Waals surface area contributed by atoms with Gasteiger partial charge in [-0.15, -0.1) is 0 Å². The molecule has 1 aromatic rings. The quantitative estimate of drug-likeness (QED) is 0.706. The third-order valence-electron chi connectivity index (χ3n) is 2.17. The Hall–Kier alpha value is -1.64. The SMILES string of the molecule is NC1=NCCN=C(c2ccccc2)C1. The lowest BCUT2D eigenvalue weighted by molar-refractivity contribution is 0.983. The van der Waals surface area contributed by atoms with Gasteiger partial charge in [0.05, 0.1) is 18.9 Å². The third kappa shape index (κ3) is 1.99. The molecule has 0 spiro atoms. The molecule has 0 radical (unpaired) electrons. The number of rotatable bonds is 1. The van der Waals surface area contributed by atoms with Gasteiger partial charge in [0.15, 0.2) is 0 Å². The van der Waals surface area contributed by atoms with Crippen LogP contribution in [0.1, 0.15) is 12.0 Å². The molecule has 0 saturated heterocycles. The number of amidine groups is 1. The van der Waals surface area contributed by atoms with Crippen LogP contribution in [0.25, 0.3) is 0 Å². The molecule has 1 aromatic carbocycles. The predicted octanol–water partition coefficient (Wildman–Crippen LogP) is 1.24. The Morgan fingerprint density at radius 1 is 1.00 bits per heavy atom. The molecular formula is C11H13N3. The monoisotopic (exact) mass is 187 g/mol. The van der Waals surface area contributed by atoms with Gasteiger partial charge < -0.3 is 5.73 Å². The van der Waals surface area contributed by atoms with Crippen LogP contribution < -0.4 is 5.73 Å². The van der Waals surface area contributed by atoms with Gasteiger partial charge in [-0.1, -0.05) is 30.3 Å². The highest BCUT2D eigenvalue weighted by Gasteiger charge is 2.07. The average Bonchev–Trinajstić information content (AvgIpc) is 2.44. The van der Waals surface area contributed by atoms with E-state index < -0.39 is 0 Å². The smallest absolute Gasteiger partial charge is 0.0998 e. The molecule has 0 unspecified atom stereocenters. The normalized spacial score (nSPS) is 16.9. The van der Waals surface area contributed by atoms with Gasteiger partial charge in [-0.2, -0.15) is 0 Å². The number of aliphatic imine (C=N–C) groups is 2. The van der Waals surface area contributed by atoms with Crippen molar-refractivity contribution in [2.75, 3.05) is 13.1 Å². The number of nitrogens with two attached hydrogens (primary N) is 1. The van der Waals surface area contributed by atoms with E-state index in [0.29, 0.717) is 18.8 Å². The third-order valence-corrected chi connectivity index (χ3v) is 2.17. The van der Waals surface area contributed by atoms with Crippen molar-refractivity contribution < 1.29 is 0 Å². The molecule has 2 N–H and O–H groups in total. The molecule has 1 heterocycles. The first-order chi connectivity index (χ1) is 6.86. The Kier molecular flexibility index (Phi) is 2.58. The van der Waals surface area contributed by atoms with Crippen molar-refractivity contribution in [1.29, 1.82) is 0 Å². The van der Waals surface area contributed by atoms with E-state index in [1.807, 2.05) is 18.2 Å². The van der Waals surface area contributed by atoms with Crippen molar-refractivity contribution in [3.63, 3.8) is 0 Å². The molecule has 1 aliphatic rings. The second-order valence-electron chi connectivity index (χ2n) is 3.24. The molecule has 0 amide bonds. The van der Waals surface area contributed by atoms with Crippen LogP contribution in [0.5, 0.6) is 0 Å². The Bertz CT molecular complexity index is 365. The number of benzene rings is 1. The highest BCUT2D eigenvalue weighted by molar-refractivity contribution is 6.11. The first kappa shape index (κ1) is 8.94. The molecule has 0 fully saturated rings. The maximum Gasteiger partial charge on any atom is 0.0998 e. The first-order valence-corrected chi connectivity index (χ1v) is 4.74. The van der Waals surface area contributed by atoms with Gasteiger partial charge in [-0.05, 0) is 5.56 Å². The lowest BCUT2D eigenvalue weighted by atomic mass is 10.1. The molecular weight excluding hydrogens is 174 g/mol. The summed E-state index contributed by atoms with van der Waals surface area (Å²) in [6, 6.07) is 10.1. The number of nitrogens with zero attached hydrogens (tertiary/aromatic N) is 2. The van der Waals surface area contributed by atoms with Crippen molar-refractivity contribution in [2.24, 2.45) is 15.7 Å². The van der Waals surface area contributed by atoms with Gasteiger partial charge in [0.2, 0.25) is 0 Å². The molecule has 14 heavy (non-hydrogen) atoms. The summed E-state index contributed by atoms with van der Waals surface area (Å²) in [5.41, 5.74) is 7.92. The molecule has 3 heteroatoms. The summed E-state index contributed by atoms with van der Waals surface area (Å²) < 4.78 is 0. The zero-order chi connectivity index (χ0) is 9.80.